The molecule has 0 spiro atoms. The normalized spacial score (nSPS) is 10.4. The van der Waals surface area contributed by atoms with Crippen LogP contribution in [0.1, 0.15) is 12.5 Å². The van der Waals surface area contributed by atoms with Gasteiger partial charge in [0.25, 0.3) is 0 Å². The molecule has 94 valence electrons. The number of nitrogen functional groups attached to an aromatic ring is 1. The summed E-state index contributed by atoms with van der Waals surface area (Å²) >= 11 is 3.34. The number of para-hydroxylation sites is 1. The maximum absolute atomic E-state index is 5.76. The number of halogens is 1. The molecule has 2 rings (SSSR count). The van der Waals surface area contributed by atoms with E-state index in [9.17, 15) is 0 Å². The zero-order valence-corrected chi connectivity index (χ0v) is 12.0. The Kier molecular flexibility index (Phi) is 3.81. The zero-order valence-electron chi connectivity index (χ0n) is 10.4. The fraction of sp³-hybridized carbons (Fsp3) is 0.231. The van der Waals surface area contributed by atoms with E-state index >= 15 is 0 Å². The van der Waals surface area contributed by atoms with Crippen molar-refractivity contribution in [3.05, 3.63) is 40.5 Å². The number of nitrogens with two attached hydrogens (primary N) is 1. The van der Waals surface area contributed by atoms with E-state index in [1.165, 1.54) is 5.56 Å². The van der Waals surface area contributed by atoms with Crippen LogP contribution in [0, 0.1) is 6.92 Å². The summed E-state index contributed by atoms with van der Waals surface area (Å²) in [7, 11) is 0. The first kappa shape index (κ1) is 12.8. The molecule has 0 radical (unpaired) electrons. The lowest BCUT2D eigenvalue weighted by Crippen LogP contribution is -2.20. The lowest BCUT2D eigenvalue weighted by molar-refractivity contribution is 0.938. The van der Waals surface area contributed by atoms with Gasteiger partial charge in [0.05, 0.1) is 0 Å². The van der Waals surface area contributed by atoms with Crippen LogP contribution < -0.4 is 10.6 Å². The Bertz CT molecular complexity index is 536. The largest absolute Gasteiger partial charge is 0.383 e. The van der Waals surface area contributed by atoms with Crippen molar-refractivity contribution in [1.82, 2.24) is 9.97 Å². The van der Waals surface area contributed by atoms with Gasteiger partial charge in [0.15, 0.2) is 0 Å². The van der Waals surface area contributed by atoms with Crippen LogP contribution in [0.5, 0.6) is 0 Å². The topological polar surface area (TPSA) is 55.0 Å². The first-order valence-corrected chi connectivity index (χ1v) is 6.54. The molecule has 0 aliphatic rings. The highest BCUT2D eigenvalue weighted by molar-refractivity contribution is 9.10. The Morgan fingerprint density at radius 3 is 2.61 bits per heavy atom. The number of hydrogen-bond acceptors (Lipinski definition) is 4. The van der Waals surface area contributed by atoms with Gasteiger partial charge in [-0.25, -0.2) is 4.98 Å². The maximum atomic E-state index is 5.76. The quantitative estimate of drug-likeness (QED) is 0.884. The van der Waals surface area contributed by atoms with Crippen LogP contribution in [-0.4, -0.2) is 16.5 Å². The summed E-state index contributed by atoms with van der Waals surface area (Å²) in [5.41, 5.74) is 8.04. The average Bonchev–Trinajstić information content (AvgIpc) is 2.31. The van der Waals surface area contributed by atoms with Crippen molar-refractivity contribution < 1.29 is 0 Å². The van der Waals surface area contributed by atoms with E-state index < -0.39 is 0 Å². The fourth-order valence-corrected chi connectivity index (χ4v) is 2.22. The van der Waals surface area contributed by atoms with Crippen molar-refractivity contribution >= 4 is 33.4 Å². The minimum atomic E-state index is 0.457. The Hall–Kier alpha value is -1.62. The van der Waals surface area contributed by atoms with Crippen molar-refractivity contribution in [2.24, 2.45) is 0 Å². The molecule has 18 heavy (non-hydrogen) atoms. The third-order valence-corrected chi connectivity index (χ3v) is 3.07. The summed E-state index contributed by atoms with van der Waals surface area (Å²) in [5, 5.41) is 0. The van der Waals surface area contributed by atoms with E-state index in [-0.39, 0.29) is 0 Å². The van der Waals surface area contributed by atoms with Gasteiger partial charge in [-0.2, -0.15) is 4.98 Å². The Labute approximate surface area is 115 Å². The van der Waals surface area contributed by atoms with Crippen LogP contribution in [0.4, 0.5) is 17.5 Å². The molecule has 1 heterocycles. The second-order valence-corrected chi connectivity index (χ2v) is 4.76. The number of benzene rings is 1. The zero-order chi connectivity index (χ0) is 13.1. The number of nitrogens with zero attached hydrogens (tertiary/aromatic N) is 3. The highest BCUT2D eigenvalue weighted by atomic mass is 79.9. The van der Waals surface area contributed by atoms with Crippen molar-refractivity contribution in [1.29, 1.82) is 0 Å². The third-order valence-electron chi connectivity index (χ3n) is 2.67. The molecular formula is C13H15BrN4. The number of rotatable bonds is 3. The summed E-state index contributed by atoms with van der Waals surface area (Å²) < 4.78 is 0.692. The Morgan fingerprint density at radius 1 is 1.28 bits per heavy atom. The van der Waals surface area contributed by atoms with E-state index in [0.717, 1.165) is 12.2 Å². The van der Waals surface area contributed by atoms with Crippen molar-refractivity contribution in [2.75, 3.05) is 17.2 Å². The first-order valence-electron chi connectivity index (χ1n) is 5.75. The minimum absolute atomic E-state index is 0.457. The Balaban J connectivity index is 2.48. The summed E-state index contributed by atoms with van der Waals surface area (Å²) in [5.74, 6) is 1.07. The van der Waals surface area contributed by atoms with E-state index in [1.807, 2.05) is 17.0 Å². The second kappa shape index (κ2) is 5.35. The minimum Gasteiger partial charge on any atom is -0.383 e. The van der Waals surface area contributed by atoms with Gasteiger partial charge in [-0.05, 0) is 41.4 Å². The van der Waals surface area contributed by atoms with Crippen LogP contribution in [0.3, 0.4) is 0 Å². The molecular weight excluding hydrogens is 292 g/mol. The number of hydrogen-bond donors (Lipinski definition) is 1. The van der Waals surface area contributed by atoms with E-state index in [2.05, 4.69) is 51.9 Å². The second-order valence-electron chi connectivity index (χ2n) is 3.95. The van der Waals surface area contributed by atoms with E-state index in [0.29, 0.717) is 16.4 Å². The van der Waals surface area contributed by atoms with Crippen LogP contribution in [0.15, 0.2) is 34.9 Å². The highest BCUT2D eigenvalue weighted by Gasteiger charge is 2.13. The number of aromatic nitrogens is 2. The Morgan fingerprint density at radius 2 is 2.00 bits per heavy atom. The van der Waals surface area contributed by atoms with Gasteiger partial charge in [0.1, 0.15) is 10.4 Å². The number of aryl methyl sites for hydroxylation is 1. The molecule has 0 aliphatic heterocycles. The van der Waals surface area contributed by atoms with Crippen LogP contribution in [0.25, 0.3) is 0 Å². The standard InChI is InChI=1S/C13H15BrN4/c1-3-18(10-7-5-4-6-9(10)2)13-16-11(14)8-12(15)17-13/h4-8H,3H2,1-2H3,(H2,15,16,17). The summed E-state index contributed by atoms with van der Waals surface area (Å²) in [6.07, 6.45) is 0. The monoisotopic (exact) mass is 306 g/mol. The average molecular weight is 307 g/mol. The molecule has 0 amide bonds. The van der Waals surface area contributed by atoms with Crippen molar-refractivity contribution in [3.8, 4) is 0 Å². The van der Waals surface area contributed by atoms with Gasteiger partial charge in [-0.1, -0.05) is 18.2 Å². The third kappa shape index (κ3) is 2.61. The number of anilines is 3. The molecule has 0 fully saturated rings. The molecule has 0 aliphatic carbocycles. The van der Waals surface area contributed by atoms with Gasteiger partial charge in [-0.3, -0.25) is 0 Å². The summed E-state index contributed by atoms with van der Waals surface area (Å²) in [4.78, 5) is 10.7. The molecule has 0 saturated heterocycles. The maximum Gasteiger partial charge on any atom is 0.232 e. The van der Waals surface area contributed by atoms with Gasteiger partial charge in [-0.15, -0.1) is 0 Å². The van der Waals surface area contributed by atoms with Crippen molar-refractivity contribution in [2.45, 2.75) is 13.8 Å². The molecule has 0 atom stereocenters. The molecule has 1 aromatic heterocycles. The first-order chi connectivity index (χ1) is 8.61. The van der Waals surface area contributed by atoms with Gasteiger partial charge in [0, 0.05) is 18.3 Å². The summed E-state index contributed by atoms with van der Waals surface area (Å²) in [6, 6.07) is 9.84. The SMILES string of the molecule is CCN(c1nc(N)cc(Br)n1)c1ccccc1C. The lowest BCUT2D eigenvalue weighted by Gasteiger charge is -2.23. The van der Waals surface area contributed by atoms with Gasteiger partial charge < -0.3 is 10.6 Å². The van der Waals surface area contributed by atoms with E-state index in [1.54, 1.807) is 6.07 Å². The molecule has 4 nitrogen and oxygen atoms in total. The fourth-order valence-electron chi connectivity index (χ4n) is 1.83. The van der Waals surface area contributed by atoms with Gasteiger partial charge in [0.2, 0.25) is 5.95 Å². The van der Waals surface area contributed by atoms with Gasteiger partial charge >= 0.3 is 0 Å². The van der Waals surface area contributed by atoms with Crippen LogP contribution in [0.2, 0.25) is 0 Å². The predicted octanol–water partition coefficient (Wildman–Crippen LogP) is 3.29. The molecule has 1 aromatic carbocycles. The molecule has 0 bridgehead atoms. The smallest absolute Gasteiger partial charge is 0.232 e. The molecule has 0 saturated carbocycles. The summed E-state index contributed by atoms with van der Waals surface area (Å²) in [6.45, 7) is 4.91. The van der Waals surface area contributed by atoms with Crippen LogP contribution >= 0.6 is 15.9 Å². The molecule has 0 unspecified atom stereocenters. The van der Waals surface area contributed by atoms with Crippen molar-refractivity contribution in [3.63, 3.8) is 0 Å². The molecule has 5 heteroatoms. The van der Waals surface area contributed by atoms with Crippen LogP contribution in [-0.2, 0) is 0 Å². The molecule has 2 aromatic rings. The lowest BCUT2D eigenvalue weighted by atomic mass is 10.2. The van der Waals surface area contributed by atoms with E-state index in [4.69, 9.17) is 5.73 Å². The molecule has 2 N–H and O–H groups in total. The predicted molar refractivity (Wildman–Crippen MR) is 78.0 cm³/mol. The highest BCUT2D eigenvalue weighted by Crippen LogP contribution is 2.26.